The van der Waals surface area contributed by atoms with Crippen LogP contribution in [0.4, 0.5) is 29.7 Å². The SMILES string of the molecule is CC(Cc1cc(S(=O)(=O)N2CCC(Nc3ncc4cc(CO)c(=O)n(CC(F)(F)F)c4n3)CC2)ccc1C#N)CN1CCC(c2ccc3c(N4CCC(=O)NC4=O)nn(C)c3c2)CC1. The fourth-order valence-corrected chi connectivity index (χ4v) is 10.6. The van der Waals surface area contributed by atoms with Crippen LogP contribution in [0.15, 0.2) is 58.4 Å². The number of halogens is 3. The summed E-state index contributed by atoms with van der Waals surface area (Å²) in [6.45, 7) is 2.83. The van der Waals surface area contributed by atoms with Crippen molar-refractivity contribution >= 4 is 55.7 Å². The topological polar surface area (TPSA) is 212 Å². The summed E-state index contributed by atoms with van der Waals surface area (Å²) in [5, 5.41) is 30.5. The molecule has 3 aromatic heterocycles. The van der Waals surface area contributed by atoms with Gasteiger partial charge in [0.15, 0.2) is 5.82 Å². The monoisotopic (exact) mass is 903 g/mol. The van der Waals surface area contributed by atoms with Gasteiger partial charge in [0.05, 0.1) is 28.7 Å². The van der Waals surface area contributed by atoms with E-state index in [1.165, 1.54) is 33.1 Å². The van der Waals surface area contributed by atoms with Crippen LogP contribution in [-0.2, 0) is 41.4 Å². The smallest absolute Gasteiger partial charge is 0.391 e. The zero-order chi connectivity index (χ0) is 45.5. The summed E-state index contributed by atoms with van der Waals surface area (Å²) in [6, 6.07) is 13.5. The number of anilines is 2. The van der Waals surface area contributed by atoms with Crippen molar-refractivity contribution in [3.63, 3.8) is 0 Å². The maximum absolute atomic E-state index is 13.9. The molecule has 17 nitrogen and oxygen atoms in total. The third kappa shape index (κ3) is 9.31. The number of carbonyl (C=O) groups is 2. The number of fused-ring (bicyclic) bond motifs is 2. The number of nitrogens with zero attached hydrogens (tertiary/aromatic N) is 9. The number of nitrogens with one attached hydrogen (secondary N) is 2. The molecule has 2 aromatic carbocycles. The summed E-state index contributed by atoms with van der Waals surface area (Å²) in [5.74, 6) is 0.667. The molecule has 338 valence electrons. The number of aliphatic hydroxyl groups is 1. The van der Waals surface area contributed by atoms with Gasteiger partial charge in [-0.05, 0) is 105 Å². The molecule has 3 aliphatic heterocycles. The number of pyridine rings is 1. The van der Waals surface area contributed by atoms with Crippen molar-refractivity contribution in [1.29, 1.82) is 5.26 Å². The van der Waals surface area contributed by atoms with Crippen molar-refractivity contribution in [2.75, 3.05) is 49.5 Å². The average Bonchev–Trinajstić information content (AvgIpc) is 3.59. The second kappa shape index (κ2) is 17.9. The molecule has 3 aliphatic rings. The number of urea groups is 1. The number of hydrogen-bond acceptors (Lipinski definition) is 12. The first-order valence-corrected chi connectivity index (χ1v) is 22.6. The number of rotatable bonds is 12. The van der Waals surface area contributed by atoms with E-state index in [2.05, 4.69) is 55.7 Å². The highest BCUT2D eigenvalue weighted by molar-refractivity contribution is 7.89. The molecular formula is C43H48F3N11O6S. The summed E-state index contributed by atoms with van der Waals surface area (Å²) >= 11 is 0. The molecule has 0 bridgehead atoms. The number of nitriles is 1. The summed E-state index contributed by atoms with van der Waals surface area (Å²) in [7, 11) is -2.09. The number of piperidine rings is 2. The van der Waals surface area contributed by atoms with Gasteiger partial charge < -0.3 is 15.3 Å². The van der Waals surface area contributed by atoms with E-state index >= 15 is 0 Å². The second-order valence-corrected chi connectivity index (χ2v) is 18.9. The number of imide groups is 1. The lowest BCUT2D eigenvalue weighted by molar-refractivity contribution is -0.140. The zero-order valence-electron chi connectivity index (χ0n) is 35.3. The van der Waals surface area contributed by atoms with Gasteiger partial charge in [-0.3, -0.25) is 29.1 Å². The van der Waals surface area contributed by atoms with Crippen LogP contribution in [0.2, 0.25) is 0 Å². The minimum atomic E-state index is -4.72. The number of carbonyl (C=O) groups excluding carboxylic acids is 2. The van der Waals surface area contributed by atoms with E-state index in [0.717, 1.165) is 43.4 Å². The Morgan fingerprint density at radius 3 is 2.44 bits per heavy atom. The van der Waals surface area contributed by atoms with E-state index in [1.807, 2.05) is 13.1 Å². The minimum Gasteiger partial charge on any atom is -0.391 e. The maximum Gasteiger partial charge on any atom is 0.406 e. The van der Waals surface area contributed by atoms with Crippen molar-refractivity contribution in [2.24, 2.45) is 13.0 Å². The molecule has 8 rings (SSSR count). The molecule has 3 saturated heterocycles. The summed E-state index contributed by atoms with van der Waals surface area (Å²) in [4.78, 5) is 49.3. The lowest BCUT2D eigenvalue weighted by atomic mass is 9.88. The summed E-state index contributed by atoms with van der Waals surface area (Å²) < 4.78 is 71.7. The Balaban J connectivity index is 0.865. The number of alkyl halides is 3. The number of aromatic nitrogens is 5. The van der Waals surface area contributed by atoms with Crippen LogP contribution in [-0.4, -0.2) is 110 Å². The van der Waals surface area contributed by atoms with Crippen LogP contribution in [0.25, 0.3) is 21.9 Å². The first kappa shape index (κ1) is 44.6. The first-order chi connectivity index (χ1) is 30.5. The molecule has 0 spiro atoms. The highest BCUT2D eigenvalue weighted by Gasteiger charge is 2.33. The van der Waals surface area contributed by atoms with Crippen molar-refractivity contribution < 1.29 is 36.3 Å². The Bertz CT molecular complexity index is 2830. The largest absolute Gasteiger partial charge is 0.406 e. The van der Waals surface area contributed by atoms with Gasteiger partial charge in [-0.1, -0.05) is 13.0 Å². The normalized spacial score (nSPS) is 18.1. The van der Waals surface area contributed by atoms with Gasteiger partial charge in [0, 0.05) is 68.2 Å². The zero-order valence-corrected chi connectivity index (χ0v) is 36.1. The average molecular weight is 904 g/mol. The standard InChI is InChI=1S/C43H48F3N11O6S/c1-26(23-54-12-7-27(8-13-54)28-4-6-35-36(20-28)53(2)52-39(35)56-16-11-37(59)50-42(56)61)17-30-19-34(5-3-29(30)21-47)64(62,63)55-14-9-33(10-15-55)49-41-48-22-31-18-32(24-58)40(60)57(38(31)51-41)25-43(44,45)46/h3-6,18-20,22,26-27,33,58H,7-17,23-25H2,1-2H3,(H,48,49,51)(H,50,59,61). The van der Waals surface area contributed by atoms with Gasteiger partial charge in [0.1, 0.15) is 12.2 Å². The molecule has 1 unspecified atom stereocenters. The van der Waals surface area contributed by atoms with Crippen molar-refractivity contribution in [3.05, 3.63) is 81.3 Å². The van der Waals surface area contributed by atoms with E-state index in [-0.39, 0.29) is 71.4 Å². The molecule has 0 aliphatic carbocycles. The van der Waals surface area contributed by atoms with Crippen LogP contribution in [0, 0.1) is 17.2 Å². The van der Waals surface area contributed by atoms with Crippen molar-refractivity contribution in [3.8, 4) is 6.07 Å². The second-order valence-electron chi connectivity index (χ2n) is 16.9. The van der Waals surface area contributed by atoms with Crippen molar-refractivity contribution in [2.45, 2.75) is 81.6 Å². The number of hydrogen-bond donors (Lipinski definition) is 3. The molecule has 1 atom stereocenters. The molecule has 3 amide bonds. The van der Waals surface area contributed by atoms with Crippen molar-refractivity contribution in [1.82, 2.24) is 38.8 Å². The number of aliphatic hydroxyl groups excluding tert-OH is 1. The summed E-state index contributed by atoms with van der Waals surface area (Å²) in [5.41, 5.74) is 1.71. The minimum absolute atomic E-state index is 0.0131. The quantitative estimate of drug-likeness (QED) is 0.159. The fourth-order valence-electron chi connectivity index (χ4n) is 9.11. The lowest BCUT2D eigenvalue weighted by Gasteiger charge is -2.34. The molecule has 64 heavy (non-hydrogen) atoms. The third-order valence-electron chi connectivity index (χ3n) is 12.4. The van der Waals surface area contributed by atoms with Gasteiger partial charge in [-0.25, -0.2) is 18.2 Å². The predicted octanol–water partition coefficient (Wildman–Crippen LogP) is 4.37. The number of sulfonamides is 1. The van der Waals surface area contributed by atoms with Gasteiger partial charge >= 0.3 is 12.2 Å². The molecule has 0 radical (unpaired) electrons. The van der Waals surface area contributed by atoms with Crippen LogP contribution in [0.3, 0.4) is 0 Å². The molecule has 3 N–H and O–H groups in total. The van der Waals surface area contributed by atoms with Gasteiger partial charge in [0.2, 0.25) is 21.9 Å². The number of likely N-dealkylation sites (tertiary alicyclic amines) is 1. The molecular weight excluding hydrogens is 856 g/mol. The van der Waals surface area contributed by atoms with E-state index in [1.54, 1.807) is 16.8 Å². The van der Waals surface area contributed by atoms with E-state index in [4.69, 9.17) is 0 Å². The highest BCUT2D eigenvalue weighted by Crippen LogP contribution is 2.34. The van der Waals surface area contributed by atoms with Crippen LogP contribution >= 0.6 is 0 Å². The molecule has 21 heteroatoms. The Morgan fingerprint density at radius 2 is 1.75 bits per heavy atom. The van der Waals surface area contributed by atoms with Gasteiger partial charge in [-0.15, -0.1) is 0 Å². The van der Waals surface area contributed by atoms with Crippen LogP contribution in [0.1, 0.15) is 67.2 Å². The van der Waals surface area contributed by atoms with E-state index in [0.29, 0.717) is 46.7 Å². The predicted molar refractivity (Wildman–Crippen MR) is 230 cm³/mol. The van der Waals surface area contributed by atoms with Crippen LogP contribution in [0.5, 0.6) is 0 Å². The number of benzene rings is 2. The molecule has 5 aromatic rings. The fraction of sp³-hybridized carbons (Fsp3) is 0.465. The molecule has 6 heterocycles. The van der Waals surface area contributed by atoms with Gasteiger partial charge in [0.25, 0.3) is 5.56 Å². The molecule has 0 saturated carbocycles. The highest BCUT2D eigenvalue weighted by atomic mass is 32.2. The Morgan fingerprint density at radius 1 is 1.00 bits per heavy atom. The number of aryl methyl sites for hydroxylation is 1. The lowest BCUT2D eigenvalue weighted by Crippen LogP contribution is -2.49. The first-order valence-electron chi connectivity index (χ1n) is 21.2. The Kier molecular flexibility index (Phi) is 12.5. The van der Waals surface area contributed by atoms with Crippen LogP contribution < -0.4 is 21.1 Å². The third-order valence-corrected chi connectivity index (χ3v) is 14.3. The van der Waals surface area contributed by atoms with Gasteiger partial charge in [-0.2, -0.15) is 32.8 Å². The Hall–Kier alpha value is -5.95. The maximum atomic E-state index is 13.9. The number of amides is 3. The Labute approximate surface area is 366 Å². The van der Waals surface area contributed by atoms with E-state index < -0.39 is 40.9 Å². The van der Waals surface area contributed by atoms with E-state index in [9.17, 15) is 46.3 Å². The summed E-state index contributed by atoms with van der Waals surface area (Å²) in [6.07, 6.45) is -0.155. The molecule has 3 fully saturated rings.